The third kappa shape index (κ3) is 4.29. The Bertz CT molecular complexity index is 436. The number of nitriles is 1. The van der Waals surface area contributed by atoms with E-state index in [0.717, 1.165) is 12.0 Å². The first-order valence-corrected chi connectivity index (χ1v) is 7.15. The van der Waals surface area contributed by atoms with Gasteiger partial charge in [-0.05, 0) is 38.0 Å². The predicted molar refractivity (Wildman–Crippen MR) is 79.5 cm³/mol. The van der Waals surface area contributed by atoms with Gasteiger partial charge in [0.15, 0.2) is 0 Å². The second-order valence-corrected chi connectivity index (χ2v) is 5.31. The molecule has 0 aliphatic carbocycles. The van der Waals surface area contributed by atoms with Crippen molar-refractivity contribution in [3.63, 3.8) is 0 Å². The monoisotopic (exact) mass is 277 g/mol. The molecule has 0 aliphatic heterocycles. The zero-order chi connectivity index (χ0) is 15.1. The van der Waals surface area contributed by atoms with Crippen molar-refractivity contribution in [1.82, 2.24) is 4.90 Å². The van der Waals surface area contributed by atoms with E-state index < -0.39 is 0 Å². The molecule has 0 heterocycles. The summed E-state index contributed by atoms with van der Waals surface area (Å²) in [5, 5.41) is 8.82. The molecule has 1 aromatic rings. The maximum Gasteiger partial charge on any atom is 0.123 e. The molecule has 4 heteroatoms. The first-order valence-electron chi connectivity index (χ1n) is 7.15. The van der Waals surface area contributed by atoms with Gasteiger partial charge in [-0.15, -0.1) is 0 Å². The summed E-state index contributed by atoms with van der Waals surface area (Å²) in [7, 11) is 0. The molecule has 1 rings (SSSR count). The van der Waals surface area contributed by atoms with E-state index in [0.29, 0.717) is 13.0 Å². The van der Waals surface area contributed by atoms with Crippen LogP contribution in [0.25, 0.3) is 0 Å². The first kappa shape index (κ1) is 16.6. The van der Waals surface area contributed by atoms with Gasteiger partial charge in [0, 0.05) is 25.0 Å². The van der Waals surface area contributed by atoms with Crippen LogP contribution in [0.4, 0.5) is 4.39 Å². The third-order valence-electron chi connectivity index (χ3n) is 3.59. The summed E-state index contributed by atoms with van der Waals surface area (Å²) in [5.41, 5.74) is 7.29. The Hall–Kier alpha value is -1.44. The lowest BCUT2D eigenvalue weighted by atomic mass is 9.95. The van der Waals surface area contributed by atoms with Gasteiger partial charge in [0.25, 0.3) is 0 Å². The number of rotatable bonds is 7. The van der Waals surface area contributed by atoms with Crippen LogP contribution in [0.5, 0.6) is 0 Å². The Morgan fingerprint density at radius 1 is 1.30 bits per heavy atom. The molecule has 0 aliphatic rings. The van der Waals surface area contributed by atoms with Gasteiger partial charge in [-0.25, -0.2) is 4.39 Å². The molecule has 2 N–H and O–H groups in total. The molecule has 3 nitrogen and oxygen atoms in total. The molecule has 0 saturated carbocycles. The Labute approximate surface area is 121 Å². The molecule has 0 aromatic heterocycles. The van der Waals surface area contributed by atoms with Crippen molar-refractivity contribution in [3.05, 3.63) is 35.6 Å². The number of halogens is 1. The fourth-order valence-electron chi connectivity index (χ4n) is 2.47. The second kappa shape index (κ2) is 7.98. The van der Waals surface area contributed by atoms with Gasteiger partial charge in [0.05, 0.1) is 12.1 Å². The van der Waals surface area contributed by atoms with Crippen LogP contribution >= 0.6 is 0 Å². The number of hydrogen-bond acceptors (Lipinski definition) is 3. The topological polar surface area (TPSA) is 53.0 Å². The number of benzene rings is 1. The van der Waals surface area contributed by atoms with E-state index in [9.17, 15) is 4.39 Å². The van der Waals surface area contributed by atoms with Gasteiger partial charge in [0.2, 0.25) is 0 Å². The molecular formula is C16H24FN3. The molecule has 2 unspecified atom stereocenters. The zero-order valence-corrected chi connectivity index (χ0v) is 12.5. The van der Waals surface area contributed by atoms with Crippen molar-refractivity contribution in [2.24, 2.45) is 5.73 Å². The highest BCUT2D eigenvalue weighted by atomic mass is 19.1. The van der Waals surface area contributed by atoms with Crippen molar-refractivity contribution in [2.45, 2.75) is 51.7 Å². The minimum atomic E-state index is -0.245. The van der Waals surface area contributed by atoms with Crippen molar-refractivity contribution in [3.8, 4) is 6.07 Å². The molecular weight excluding hydrogens is 253 g/mol. The molecule has 0 radical (unpaired) electrons. The average Bonchev–Trinajstić information content (AvgIpc) is 2.43. The summed E-state index contributed by atoms with van der Waals surface area (Å²) in [5.74, 6) is -0.245. The number of hydrogen-bond donors (Lipinski definition) is 1. The van der Waals surface area contributed by atoms with Gasteiger partial charge in [0.1, 0.15) is 5.82 Å². The van der Waals surface area contributed by atoms with E-state index in [1.807, 2.05) is 6.92 Å². The minimum absolute atomic E-state index is 0.00829. The zero-order valence-electron chi connectivity index (χ0n) is 12.5. The summed E-state index contributed by atoms with van der Waals surface area (Å²) in [6.07, 6.45) is 1.30. The maximum atomic E-state index is 13.1. The van der Waals surface area contributed by atoms with Crippen LogP contribution in [0.15, 0.2) is 24.3 Å². The molecule has 20 heavy (non-hydrogen) atoms. The summed E-state index contributed by atoms with van der Waals surface area (Å²) < 4.78 is 13.1. The molecule has 0 bridgehead atoms. The Morgan fingerprint density at radius 2 is 1.90 bits per heavy atom. The molecule has 0 amide bonds. The van der Waals surface area contributed by atoms with Gasteiger partial charge < -0.3 is 5.73 Å². The third-order valence-corrected chi connectivity index (χ3v) is 3.59. The Balaban J connectivity index is 3.09. The van der Waals surface area contributed by atoms with Crippen LogP contribution in [0.2, 0.25) is 0 Å². The average molecular weight is 277 g/mol. The van der Waals surface area contributed by atoms with E-state index >= 15 is 0 Å². The quantitative estimate of drug-likeness (QED) is 0.832. The highest BCUT2D eigenvalue weighted by Gasteiger charge is 2.27. The van der Waals surface area contributed by atoms with Crippen LogP contribution in [0.3, 0.4) is 0 Å². The summed E-state index contributed by atoms with van der Waals surface area (Å²) in [4.78, 5) is 2.23. The molecule has 0 spiro atoms. The molecule has 110 valence electrons. The van der Waals surface area contributed by atoms with Crippen LogP contribution in [-0.4, -0.2) is 23.5 Å². The standard InChI is InChI=1S/C16H24FN3/c1-4-15(19)16(13-6-8-14(17)9-7-13)20(12(2)3)11-5-10-18/h6-9,12,15-16H,4-5,11,19H2,1-3H3. The normalized spacial score (nSPS) is 14.3. The van der Waals surface area contributed by atoms with E-state index in [4.69, 9.17) is 11.0 Å². The van der Waals surface area contributed by atoms with Gasteiger partial charge in [-0.2, -0.15) is 5.26 Å². The summed E-state index contributed by atoms with van der Waals surface area (Å²) >= 11 is 0. The Morgan fingerprint density at radius 3 is 2.35 bits per heavy atom. The minimum Gasteiger partial charge on any atom is -0.326 e. The fraction of sp³-hybridized carbons (Fsp3) is 0.562. The first-order chi connectivity index (χ1) is 9.51. The smallest absolute Gasteiger partial charge is 0.123 e. The van der Waals surface area contributed by atoms with Crippen molar-refractivity contribution >= 4 is 0 Å². The largest absolute Gasteiger partial charge is 0.326 e. The predicted octanol–water partition coefficient (Wildman–Crippen LogP) is 3.23. The molecule has 2 atom stereocenters. The van der Waals surface area contributed by atoms with Crippen LogP contribution < -0.4 is 5.73 Å². The van der Waals surface area contributed by atoms with Crippen LogP contribution in [-0.2, 0) is 0 Å². The van der Waals surface area contributed by atoms with Gasteiger partial charge in [-0.3, -0.25) is 4.90 Å². The summed E-state index contributed by atoms with van der Waals surface area (Å²) in [6.45, 7) is 6.90. The van der Waals surface area contributed by atoms with Crippen molar-refractivity contribution in [2.75, 3.05) is 6.54 Å². The fourth-order valence-corrected chi connectivity index (χ4v) is 2.47. The number of nitrogens with two attached hydrogens (primary N) is 1. The molecule has 0 saturated heterocycles. The highest BCUT2D eigenvalue weighted by molar-refractivity contribution is 5.22. The molecule has 0 fully saturated rings. The lowest BCUT2D eigenvalue weighted by Crippen LogP contribution is -2.44. The van der Waals surface area contributed by atoms with Gasteiger partial charge >= 0.3 is 0 Å². The number of nitrogens with zero attached hydrogens (tertiary/aromatic N) is 2. The van der Waals surface area contributed by atoms with Crippen molar-refractivity contribution in [1.29, 1.82) is 5.26 Å². The van der Waals surface area contributed by atoms with E-state index in [-0.39, 0.29) is 23.9 Å². The van der Waals surface area contributed by atoms with E-state index in [2.05, 4.69) is 24.8 Å². The van der Waals surface area contributed by atoms with E-state index in [1.165, 1.54) is 12.1 Å². The van der Waals surface area contributed by atoms with E-state index in [1.54, 1.807) is 12.1 Å². The molecule has 1 aromatic carbocycles. The summed E-state index contributed by atoms with van der Waals surface area (Å²) in [6, 6.07) is 8.93. The Kier molecular flexibility index (Phi) is 6.63. The van der Waals surface area contributed by atoms with Gasteiger partial charge in [-0.1, -0.05) is 19.1 Å². The van der Waals surface area contributed by atoms with Crippen LogP contribution in [0.1, 0.15) is 45.2 Å². The van der Waals surface area contributed by atoms with Crippen LogP contribution in [0, 0.1) is 17.1 Å². The van der Waals surface area contributed by atoms with Crippen molar-refractivity contribution < 1.29 is 4.39 Å². The second-order valence-electron chi connectivity index (χ2n) is 5.31. The lowest BCUT2D eigenvalue weighted by Gasteiger charge is -2.38. The SMILES string of the molecule is CCC(N)C(c1ccc(F)cc1)N(CCC#N)C(C)C. The highest BCUT2D eigenvalue weighted by Crippen LogP contribution is 2.27. The maximum absolute atomic E-state index is 13.1. The lowest BCUT2D eigenvalue weighted by molar-refractivity contribution is 0.133.